The van der Waals surface area contributed by atoms with Crippen LogP contribution in [0.2, 0.25) is 0 Å². The van der Waals surface area contributed by atoms with Crippen LogP contribution in [-0.4, -0.2) is 7.11 Å². The molecule has 20 heavy (non-hydrogen) atoms. The van der Waals surface area contributed by atoms with Gasteiger partial charge in [0, 0.05) is 11.1 Å². The number of hydrogen-bond donors (Lipinski definition) is 2. The standard InChI is InChI=1S/C16H22N2O2/c1-9-6-10(2)15(14(7-9)19-5)16(18-17)13-8-11(3)20-12(13)4/h6-8,16,18H,17H2,1-5H3. The van der Waals surface area contributed by atoms with E-state index in [0.717, 1.165) is 34.0 Å². The number of benzene rings is 1. The maximum Gasteiger partial charge on any atom is 0.124 e. The van der Waals surface area contributed by atoms with Gasteiger partial charge in [-0.25, -0.2) is 5.43 Å². The van der Waals surface area contributed by atoms with Crippen LogP contribution in [0.5, 0.6) is 5.75 Å². The molecular formula is C16H22N2O2. The van der Waals surface area contributed by atoms with Crippen LogP contribution in [0.3, 0.4) is 0 Å². The zero-order valence-corrected chi connectivity index (χ0v) is 12.7. The van der Waals surface area contributed by atoms with Gasteiger partial charge in [-0.15, -0.1) is 0 Å². The smallest absolute Gasteiger partial charge is 0.124 e. The lowest BCUT2D eigenvalue weighted by Crippen LogP contribution is -2.30. The van der Waals surface area contributed by atoms with E-state index >= 15 is 0 Å². The largest absolute Gasteiger partial charge is 0.496 e. The summed E-state index contributed by atoms with van der Waals surface area (Å²) in [5, 5.41) is 0. The van der Waals surface area contributed by atoms with Crippen LogP contribution < -0.4 is 16.0 Å². The Morgan fingerprint density at radius 2 is 1.85 bits per heavy atom. The highest BCUT2D eigenvalue weighted by Gasteiger charge is 2.23. The van der Waals surface area contributed by atoms with Gasteiger partial charge in [0.25, 0.3) is 0 Å². The van der Waals surface area contributed by atoms with Crippen molar-refractivity contribution in [2.24, 2.45) is 5.84 Å². The number of methoxy groups -OCH3 is 1. The third kappa shape index (κ3) is 2.57. The van der Waals surface area contributed by atoms with E-state index in [2.05, 4.69) is 25.3 Å². The molecule has 0 saturated carbocycles. The van der Waals surface area contributed by atoms with Gasteiger partial charge in [-0.1, -0.05) is 6.07 Å². The van der Waals surface area contributed by atoms with Crippen molar-refractivity contribution in [1.29, 1.82) is 0 Å². The highest BCUT2D eigenvalue weighted by atomic mass is 16.5. The number of nitrogens with two attached hydrogens (primary N) is 1. The van der Waals surface area contributed by atoms with Crippen LogP contribution in [0.4, 0.5) is 0 Å². The molecule has 2 aromatic rings. The minimum Gasteiger partial charge on any atom is -0.496 e. The number of nitrogens with one attached hydrogen (secondary N) is 1. The summed E-state index contributed by atoms with van der Waals surface area (Å²) in [4.78, 5) is 0. The molecule has 3 N–H and O–H groups in total. The first-order valence-corrected chi connectivity index (χ1v) is 6.66. The van der Waals surface area contributed by atoms with E-state index in [9.17, 15) is 0 Å². The van der Waals surface area contributed by atoms with E-state index in [1.165, 1.54) is 5.56 Å². The van der Waals surface area contributed by atoms with Crippen molar-refractivity contribution in [2.45, 2.75) is 33.7 Å². The second kappa shape index (κ2) is 5.69. The Kier molecular flexibility index (Phi) is 4.16. The molecule has 1 unspecified atom stereocenters. The summed E-state index contributed by atoms with van der Waals surface area (Å²) < 4.78 is 11.2. The first-order chi connectivity index (χ1) is 9.47. The van der Waals surface area contributed by atoms with E-state index in [-0.39, 0.29) is 6.04 Å². The van der Waals surface area contributed by atoms with Gasteiger partial charge in [0.2, 0.25) is 0 Å². The molecule has 0 bridgehead atoms. The quantitative estimate of drug-likeness (QED) is 0.664. The highest BCUT2D eigenvalue weighted by Crippen LogP contribution is 2.35. The fourth-order valence-electron chi connectivity index (χ4n) is 2.74. The Bertz CT molecular complexity index is 617. The summed E-state index contributed by atoms with van der Waals surface area (Å²) in [7, 11) is 1.68. The van der Waals surface area contributed by atoms with Gasteiger partial charge in [-0.05, 0) is 51.0 Å². The number of ether oxygens (including phenoxy) is 1. The molecule has 0 fully saturated rings. The van der Waals surface area contributed by atoms with Crippen molar-refractivity contribution < 1.29 is 9.15 Å². The average Bonchev–Trinajstić information content (AvgIpc) is 2.71. The van der Waals surface area contributed by atoms with Crippen molar-refractivity contribution in [3.05, 3.63) is 52.0 Å². The van der Waals surface area contributed by atoms with Gasteiger partial charge in [0.15, 0.2) is 0 Å². The van der Waals surface area contributed by atoms with E-state index in [1.807, 2.05) is 26.0 Å². The predicted molar refractivity (Wildman–Crippen MR) is 79.8 cm³/mol. The van der Waals surface area contributed by atoms with E-state index in [4.69, 9.17) is 15.0 Å². The fourth-order valence-corrected chi connectivity index (χ4v) is 2.74. The van der Waals surface area contributed by atoms with Gasteiger partial charge >= 0.3 is 0 Å². The Hall–Kier alpha value is -1.78. The molecule has 4 heteroatoms. The first kappa shape index (κ1) is 14.6. The SMILES string of the molecule is COc1cc(C)cc(C)c1C(NN)c1cc(C)oc1C. The first-order valence-electron chi connectivity index (χ1n) is 6.66. The molecule has 2 rings (SSSR count). The van der Waals surface area contributed by atoms with Gasteiger partial charge in [0.1, 0.15) is 17.3 Å². The predicted octanol–water partition coefficient (Wildman–Crippen LogP) is 3.07. The van der Waals surface area contributed by atoms with E-state index in [1.54, 1.807) is 7.11 Å². The van der Waals surface area contributed by atoms with Crippen LogP contribution in [0.25, 0.3) is 0 Å². The monoisotopic (exact) mass is 274 g/mol. The summed E-state index contributed by atoms with van der Waals surface area (Å²) in [6, 6.07) is 6.01. The molecule has 0 radical (unpaired) electrons. The molecular weight excluding hydrogens is 252 g/mol. The zero-order chi connectivity index (χ0) is 14.9. The van der Waals surface area contributed by atoms with Gasteiger partial charge in [-0.2, -0.15) is 0 Å². The minimum atomic E-state index is -0.150. The molecule has 0 aliphatic rings. The molecule has 0 spiro atoms. The Balaban J connectivity index is 2.60. The van der Waals surface area contributed by atoms with Crippen LogP contribution in [0, 0.1) is 27.7 Å². The second-order valence-corrected chi connectivity index (χ2v) is 5.17. The van der Waals surface area contributed by atoms with E-state index in [0.29, 0.717) is 0 Å². The van der Waals surface area contributed by atoms with Crippen molar-refractivity contribution >= 4 is 0 Å². The lowest BCUT2D eigenvalue weighted by Gasteiger charge is -2.21. The molecule has 0 aliphatic carbocycles. The number of hydrazine groups is 1. The summed E-state index contributed by atoms with van der Waals surface area (Å²) in [5.74, 6) is 8.38. The third-order valence-corrected chi connectivity index (χ3v) is 3.56. The fraction of sp³-hybridized carbons (Fsp3) is 0.375. The number of hydrogen-bond acceptors (Lipinski definition) is 4. The molecule has 0 amide bonds. The van der Waals surface area contributed by atoms with Crippen molar-refractivity contribution in [3.63, 3.8) is 0 Å². The van der Waals surface area contributed by atoms with Crippen LogP contribution in [-0.2, 0) is 0 Å². The van der Waals surface area contributed by atoms with Crippen LogP contribution in [0.15, 0.2) is 22.6 Å². The van der Waals surface area contributed by atoms with Crippen molar-refractivity contribution in [1.82, 2.24) is 5.43 Å². The lowest BCUT2D eigenvalue weighted by molar-refractivity contribution is 0.402. The molecule has 1 atom stereocenters. The van der Waals surface area contributed by atoms with Gasteiger partial charge in [-0.3, -0.25) is 5.84 Å². The summed E-state index contributed by atoms with van der Waals surface area (Å²) in [5.41, 5.74) is 7.27. The molecule has 108 valence electrons. The third-order valence-electron chi connectivity index (χ3n) is 3.56. The Labute approximate surface area is 119 Å². The van der Waals surface area contributed by atoms with Crippen LogP contribution in [0.1, 0.15) is 39.8 Å². The van der Waals surface area contributed by atoms with Crippen LogP contribution >= 0.6 is 0 Å². The number of furan rings is 1. The molecule has 1 aromatic heterocycles. The topological polar surface area (TPSA) is 60.4 Å². The minimum absolute atomic E-state index is 0.150. The zero-order valence-electron chi connectivity index (χ0n) is 12.7. The number of aryl methyl sites for hydroxylation is 4. The molecule has 0 saturated heterocycles. The maximum atomic E-state index is 5.80. The molecule has 4 nitrogen and oxygen atoms in total. The normalized spacial score (nSPS) is 12.5. The molecule has 1 heterocycles. The highest BCUT2D eigenvalue weighted by molar-refractivity contribution is 5.49. The summed E-state index contributed by atoms with van der Waals surface area (Å²) in [6.45, 7) is 8.00. The Morgan fingerprint density at radius 3 is 2.35 bits per heavy atom. The lowest BCUT2D eigenvalue weighted by atomic mass is 9.93. The van der Waals surface area contributed by atoms with Crippen molar-refractivity contribution in [2.75, 3.05) is 7.11 Å². The second-order valence-electron chi connectivity index (χ2n) is 5.17. The van der Waals surface area contributed by atoms with Gasteiger partial charge in [0.05, 0.1) is 13.2 Å². The maximum absolute atomic E-state index is 5.80. The summed E-state index contributed by atoms with van der Waals surface area (Å²) >= 11 is 0. The summed E-state index contributed by atoms with van der Waals surface area (Å²) in [6.07, 6.45) is 0. The molecule has 1 aromatic carbocycles. The van der Waals surface area contributed by atoms with E-state index < -0.39 is 0 Å². The molecule has 0 aliphatic heterocycles. The van der Waals surface area contributed by atoms with Crippen molar-refractivity contribution in [3.8, 4) is 5.75 Å². The number of rotatable bonds is 4. The van der Waals surface area contributed by atoms with Gasteiger partial charge < -0.3 is 9.15 Å². The Morgan fingerprint density at radius 1 is 1.15 bits per heavy atom. The average molecular weight is 274 g/mol.